The smallest absolute Gasteiger partial charge is 0.0658 e. The summed E-state index contributed by atoms with van der Waals surface area (Å²) in [6.45, 7) is 11.7. The van der Waals surface area contributed by atoms with Crippen molar-refractivity contribution >= 4 is 6.08 Å². The quantitative estimate of drug-likeness (QED) is 0.450. The Morgan fingerprint density at radius 1 is 1.00 bits per heavy atom. The second-order valence-electron chi connectivity index (χ2n) is 9.57. The Balaban J connectivity index is 1.51. The van der Waals surface area contributed by atoms with E-state index in [1.807, 2.05) is 6.08 Å². The van der Waals surface area contributed by atoms with Crippen molar-refractivity contribution in [1.82, 2.24) is 14.7 Å². The van der Waals surface area contributed by atoms with Crippen molar-refractivity contribution in [3.63, 3.8) is 0 Å². The Bertz CT molecular complexity index is 1050. The van der Waals surface area contributed by atoms with E-state index in [0.717, 1.165) is 19.6 Å². The van der Waals surface area contributed by atoms with Gasteiger partial charge in [0.25, 0.3) is 0 Å². The van der Waals surface area contributed by atoms with Gasteiger partial charge in [0.2, 0.25) is 0 Å². The molecule has 3 aromatic rings. The fourth-order valence-electron chi connectivity index (χ4n) is 5.11. The number of aromatic nitrogens is 2. The molecule has 2 heterocycles. The Morgan fingerprint density at radius 3 is 2.48 bits per heavy atom. The zero-order valence-corrected chi connectivity index (χ0v) is 18.7. The molecule has 3 nitrogen and oxygen atoms in total. The highest BCUT2D eigenvalue weighted by Gasteiger charge is 2.38. The van der Waals surface area contributed by atoms with E-state index in [1.54, 1.807) is 0 Å². The molecule has 1 saturated heterocycles. The molecule has 2 aliphatic rings. The second-order valence-corrected chi connectivity index (χ2v) is 9.57. The molecule has 2 aromatic carbocycles. The van der Waals surface area contributed by atoms with Crippen molar-refractivity contribution < 1.29 is 0 Å². The van der Waals surface area contributed by atoms with Crippen molar-refractivity contribution in [3.05, 3.63) is 95.3 Å². The summed E-state index contributed by atoms with van der Waals surface area (Å²) < 4.78 is 2.31. The molecule has 3 heteroatoms. The van der Waals surface area contributed by atoms with E-state index >= 15 is 0 Å². The fraction of sp³-hybridized carbons (Fsp3) is 0.393. The van der Waals surface area contributed by atoms with Gasteiger partial charge in [-0.25, -0.2) is 0 Å². The minimum atomic E-state index is 0.380. The van der Waals surface area contributed by atoms with Gasteiger partial charge in [0.15, 0.2) is 0 Å². The molecule has 5 rings (SSSR count). The molecule has 1 aliphatic heterocycles. The van der Waals surface area contributed by atoms with Crippen molar-refractivity contribution in [2.24, 2.45) is 0 Å². The van der Waals surface area contributed by atoms with Gasteiger partial charge < -0.3 is 0 Å². The van der Waals surface area contributed by atoms with E-state index in [-0.39, 0.29) is 0 Å². The molecular weight excluding hydrogens is 378 g/mol. The van der Waals surface area contributed by atoms with Crippen LogP contribution < -0.4 is 0 Å². The highest BCUT2D eigenvalue weighted by molar-refractivity contribution is 5.49. The number of likely N-dealkylation sites (tertiary alicyclic amines) is 1. The van der Waals surface area contributed by atoms with Crippen LogP contribution in [0.5, 0.6) is 0 Å². The lowest BCUT2D eigenvalue weighted by Crippen LogP contribution is -2.20. The van der Waals surface area contributed by atoms with Crippen LogP contribution in [0, 0.1) is 0 Å². The largest absolute Gasteiger partial charge is 0.298 e. The van der Waals surface area contributed by atoms with E-state index in [4.69, 9.17) is 5.10 Å². The van der Waals surface area contributed by atoms with Gasteiger partial charge in [-0.2, -0.15) is 5.10 Å². The van der Waals surface area contributed by atoms with Crippen molar-refractivity contribution in [2.75, 3.05) is 13.1 Å². The molecule has 0 N–H and O–H groups in total. The van der Waals surface area contributed by atoms with Crippen LogP contribution in [0.3, 0.4) is 0 Å². The lowest BCUT2D eigenvalue weighted by molar-refractivity contribution is 0.322. The number of hydrogen-bond acceptors (Lipinski definition) is 2. The third kappa shape index (κ3) is 4.24. The molecule has 0 bridgehead atoms. The summed E-state index contributed by atoms with van der Waals surface area (Å²) in [4.78, 5) is 2.62. The van der Waals surface area contributed by atoms with E-state index in [2.05, 4.69) is 90.7 Å². The molecule has 31 heavy (non-hydrogen) atoms. The summed E-state index contributed by atoms with van der Waals surface area (Å²) in [5, 5.41) is 5.07. The zero-order valence-electron chi connectivity index (χ0n) is 18.7. The minimum absolute atomic E-state index is 0.380. The number of nitrogens with zero attached hydrogens (tertiary/aromatic N) is 3. The summed E-state index contributed by atoms with van der Waals surface area (Å²) in [7, 11) is 0. The number of hydrogen-bond donors (Lipinski definition) is 0. The number of benzene rings is 2. The predicted octanol–water partition coefficient (Wildman–Crippen LogP) is 6.37. The third-order valence-electron chi connectivity index (χ3n) is 6.87. The predicted molar refractivity (Wildman–Crippen MR) is 128 cm³/mol. The van der Waals surface area contributed by atoms with Crippen molar-refractivity contribution in [3.8, 4) is 0 Å². The maximum atomic E-state index is 5.07. The Kier molecular flexibility index (Phi) is 5.54. The van der Waals surface area contributed by atoms with Crippen LogP contribution in [0.15, 0.2) is 67.2 Å². The van der Waals surface area contributed by atoms with Gasteiger partial charge in [0, 0.05) is 49.1 Å². The first-order valence-corrected chi connectivity index (χ1v) is 11.7. The van der Waals surface area contributed by atoms with Gasteiger partial charge in [0.05, 0.1) is 5.69 Å². The first-order chi connectivity index (χ1) is 15.1. The standard InChI is InChI=1S/C28H33N3/c1-4-21-11-8-12-24(15-21)25-18-30(17-22-9-6-5-7-10-22)19-26(25)28-16-27(23-13-14-23)29-31(28)20(2)3/h4-12,15-16,20,23,25-26H,1,13-14,17-19H2,2-3H3. The van der Waals surface area contributed by atoms with Gasteiger partial charge in [-0.05, 0) is 49.4 Å². The molecule has 160 valence electrons. The Morgan fingerprint density at radius 2 is 1.77 bits per heavy atom. The molecule has 1 aliphatic carbocycles. The maximum absolute atomic E-state index is 5.07. The lowest BCUT2D eigenvalue weighted by atomic mass is 9.85. The van der Waals surface area contributed by atoms with Crippen molar-refractivity contribution in [1.29, 1.82) is 0 Å². The Hall–Kier alpha value is -2.65. The average molecular weight is 412 g/mol. The van der Waals surface area contributed by atoms with E-state index in [9.17, 15) is 0 Å². The zero-order chi connectivity index (χ0) is 21.4. The molecule has 0 radical (unpaired) electrons. The topological polar surface area (TPSA) is 21.1 Å². The van der Waals surface area contributed by atoms with Crippen LogP contribution >= 0.6 is 0 Å². The Labute approximate surface area is 186 Å². The SMILES string of the molecule is C=Cc1cccc(C2CN(Cc3ccccc3)CC2c2cc(C3CC3)nn2C(C)C)c1. The van der Waals surface area contributed by atoms with Gasteiger partial charge in [-0.15, -0.1) is 0 Å². The molecule has 2 unspecified atom stereocenters. The summed E-state index contributed by atoms with van der Waals surface area (Å²) >= 11 is 0. The van der Waals surface area contributed by atoms with Crippen molar-refractivity contribution in [2.45, 2.75) is 57.0 Å². The van der Waals surface area contributed by atoms with Crippen LogP contribution in [0.1, 0.15) is 78.6 Å². The average Bonchev–Trinajstić information content (AvgIpc) is 3.40. The fourth-order valence-corrected chi connectivity index (χ4v) is 5.11. The first kappa shape index (κ1) is 20.3. The van der Waals surface area contributed by atoms with E-state index in [1.165, 1.54) is 40.9 Å². The normalized spacial score (nSPS) is 21.6. The van der Waals surface area contributed by atoms with Crippen LogP contribution in [-0.2, 0) is 6.54 Å². The highest BCUT2D eigenvalue weighted by Crippen LogP contribution is 2.45. The molecule has 2 fully saturated rings. The van der Waals surface area contributed by atoms with E-state index < -0.39 is 0 Å². The first-order valence-electron chi connectivity index (χ1n) is 11.7. The van der Waals surface area contributed by atoms with Gasteiger partial charge >= 0.3 is 0 Å². The maximum Gasteiger partial charge on any atom is 0.0658 e. The van der Waals surface area contributed by atoms with E-state index in [0.29, 0.717) is 23.8 Å². The molecule has 0 amide bonds. The molecule has 2 atom stereocenters. The van der Waals surface area contributed by atoms with Crippen LogP contribution in [0.25, 0.3) is 6.08 Å². The number of rotatable bonds is 7. The summed E-state index contributed by atoms with van der Waals surface area (Å²) in [5.41, 5.74) is 6.74. The summed E-state index contributed by atoms with van der Waals surface area (Å²) in [6, 6.07) is 22.6. The molecule has 0 spiro atoms. The molecular formula is C28H33N3. The monoisotopic (exact) mass is 411 g/mol. The second kappa shape index (κ2) is 8.47. The minimum Gasteiger partial charge on any atom is -0.298 e. The van der Waals surface area contributed by atoms with Gasteiger partial charge in [0.1, 0.15) is 0 Å². The van der Waals surface area contributed by atoms with Crippen LogP contribution in [0.4, 0.5) is 0 Å². The van der Waals surface area contributed by atoms with Crippen LogP contribution in [-0.4, -0.2) is 27.8 Å². The third-order valence-corrected chi connectivity index (χ3v) is 6.87. The summed E-state index contributed by atoms with van der Waals surface area (Å²) in [5.74, 6) is 1.60. The van der Waals surface area contributed by atoms with Crippen LogP contribution in [0.2, 0.25) is 0 Å². The van der Waals surface area contributed by atoms with Gasteiger partial charge in [-0.3, -0.25) is 9.58 Å². The summed E-state index contributed by atoms with van der Waals surface area (Å²) in [6.07, 6.45) is 4.55. The highest BCUT2D eigenvalue weighted by atomic mass is 15.3. The van der Waals surface area contributed by atoms with Gasteiger partial charge in [-0.1, -0.05) is 67.3 Å². The molecule has 1 saturated carbocycles. The lowest BCUT2D eigenvalue weighted by Gasteiger charge is -2.22. The molecule has 1 aromatic heterocycles.